The van der Waals surface area contributed by atoms with Gasteiger partial charge in [-0.25, -0.2) is 0 Å². The molecule has 0 saturated heterocycles. The van der Waals surface area contributed by atoms with Crippen molar-refractivity contribution in [3.8, 4) is 0 Å². The molecule has 18 heavy (non-hydrogen) atoms. The van der Waals surface area contributed by atoms with Gasteiger partial charge in [-0.05, 0) is 30.3 Å². The number of rotatable bonds is 4. The predicted molar refractivity (Wildman–Crippen MR) is 74.5 cm³/mol. The number of nitrogens with two attached hydrogens (primary N) is 1. The maximum absolute atomic E-state index is 12.0. The molecule has 1 aromatic rings. The molecule has 0 spiro atoms. The van der Waals surface area contributed by atoms with Gasteiger partial charge in [-0.2, -0.15) is 0 Å². The highest BCUT2D eigenvalue weighted by Crippen LogP contribution is 2.26. The summed E-state index contributed by atoms with van der Waals surface area (Å²) in [5.74, 6) is 0.175. The zero-order chi connectivity index (χ0) is 13.0. The van der Waals surface area contributed by atoms with E-state index in [4.69, 9.17) is 18.0 Å². The van der Waals surface area contributed by atoms with Crippen LogP contribution in [0.25, 0.3) is 0 Å². The maximum atomic E-state index is 12.0. The lowest BCUT2D eigenvalue weighted by Crippen LogP contribution is -2.48. The number of nitrogens with one attached hydrogen (secondary N) is 1. The summed E-state index contributed by atoms with van der Waals surface area (Å²) < 4.78 is 3.67. The molecule has 1 saturated carbocycles. The van der Waals surface area contributed by atoms with Gasteiger partial charge in [0.1, 0.15) is 4.88 Å². The van der Waals surface area contributed by atoms with Gasteiger partial charge in [-0.1, -0.05) is 36.0 Å². The van der Waals surface area contributed by atoms with Gasteiger partial charge in [0, 0.05) is 0 Å². The molecule has 3 N–H and O–H groups in total. The average molecular weight is 284 g/mol. The van der Waals surface area contributed by atoms with Gasteiger partial charge < -0.3 is 11.1 Å². The second-order valence-corrected chi connectivity index (χ2v) is 5.79. The molecule has 7 heteroatoms. The van der Waals surface area contributed by atoms with Crippen LogP contribution in [0.3, 0.4) is 0 Å². The first-order valence-corrected chi connectivity index (χ1v) is 7.24. The Morgan fingerprint density at radius 1 is 1.50 bits per heavy atom. The van der Waals surface area contributed by atoms with Gasteiger partial charge in [0.05, 0.1) is 17.2 Å². The molecule has 1 amide bonds. The lowest BCUT2D eigenvalue weighted by Gasteiger charge is -2.29. The largest absolute Gasteiger partial charge is 0.392 e. The van der Waals surface area contributed by atoms with E-state index in [0.717, 1.165) is 24.4 Å². The van der Waals surface area contributed by atoms with Crippen LogP contribution in [-0.4, -0.2) is 26.5 Å². The summed E-state index contributed by atoms with van der Waals surface area (Å²) in [4.78, 5) is 12.8. The molecule has 2 rings (SSSR count). The van der Waals surface area contributed by atoms with Crippen LogP contribution in [0.2, 0.25) is 0 Å². The summed E-state index contributed by atoms with van der Waals surface area (Å²) in [7, 11) is 0. The molecule has 1 unspecified atom stereocenters. The molecule has 0 bridgehead atoms. The SMILES string of the molecule is NC(=S)C(NC(=O)c1cnns1)C1CCCCC1. The Bertz CT molecular complexity index is 415. The van der Waals surface area contributed by atoms with Crippen molar-refractivity contribution in [3.63, 3.8) is 0 Å². The molecule has 1 aromatic heterocycles. The summed E-state index contributed by atoms with van der Waals surface area (Å²) in [5, 5.41) is 6.57. The van der Waals surface area contributed by atoms with Crippen LogP contribution in [0, 0.1) is 5.92 Å². The maximum Gasteiger partial charge on any atom is 0.265 e. The van der Waals surface area contributed by atoms with Gasteiger partial charge in [0.2, 0.25) is 0 Å². The van der Waals surface area contributed by atoms with E-state index in [0.29, 0.717) is 15.8 Å². The normalized spacial score (nSPS) is 18.2. The minimum Gasteiger partial charge on any atom is -0.392 e. The topological polar surface area (TPSA) is 80.9 Å². The van der Waals surface area contributed by atoms with Crippen molar-refractivity contribution in [2.45, 2.75) is 38.1 Å². The fraction of sp³-hybridized carbons (Fsp3) is 0.636. The fourth-order valence-electron chi connectivity index (χ4n) is 2.37. The van der Waals surface area contributed by atoms with E-state index >= 15 is 0 Å². The lowest BCUT2D eigenvalue weighted by molar-refractivity contribution is 0.0936. The molecule has 1 fully saturated rings. The van der Waals surface area contributed by atoms with Crippen molar-refractivity contribution in [1.29, 1.82) is 0 Å². The standard InChI is InChI=1S/C11H16N4OS2/c12-10(17)9(7-4-2-1-3-5-7)14-11(16)8-6-13-15-18-8/h6-7,9H,1-5H2,(H2,12,17)(H,14,16). The lowest BCUT2D eigenvalue weighted by atomic mass is 9.84. The summed E-state index contributed by atoms with van der Waals surface area (Å²) in [5.41, 5.74) is 5.76. The summed E-state index contributed by atoms with van der Waals surface area (Å²) in [6.45, 7) is 0. The van der Waals surface area contributed by atoms with Gasteiger partial charge in [-0.3, -0.25) is 4.79 Å². The molecule has 1 atom stereocenters. The third kappa shape index (κ3) is 3.23. The van der Waals surface area contributed by atoms with Gasteiger partial charge in [0.25, 0.3) is 5.91 Å². The highest BCUT2D eigenvalue weighted by atomic mass is 32.1. The predicted octanol–water partition coefficient (Wildman–Crippen LogP) is 1.50. The molecule has 1 heterocycles. The quantitative estimate of drug-likeness (QED) is 0.819. The first kappa shape index (κ1) is 13.4. The van der Waals surface area contributed by atoms with Crippen molar-refractivity contribution in [2.75, 3.05) is 0 Å². The van der Waals surface area contributed by atoms with Gasteiger partial charge in [-0.15, -0.1) is 5.10 Å². The van der Waals surface area contributed by atoms with E-state index in [2.05, 4.69) is 14.9 Å². The number of hydrogen-bond acceptors (Lipinski definition) is 5. The number of carbonyl (C=O) groups excluding carboxylic acids is 1. The first-order chi connectivity index (χ1) is 8.68. The van der Waals surface area contributed by atoms with Crippen molar-refractivity contribution >= 4 is 34.6 Å². The highest BCUT2D eigenvalue weighted by molar-refractivity contribution is 7.80. The van der Waals surface area contributed by atoms with E-state index in [1.807, 2.05) is 0 Å². The molecule has 0 aliphatic heterocycles. The Labute approximate surface area is 115 Å². The van der Waals surface area contributed by atoms with Crippen molar-refractivity contribution in [2.24, 2.45) is 11.7 Å². The van der Waals surface area contributed by atoms with E-state index in [9.17, 15) is 4.79 Å². The van der Waals surface area contributed by atoms with Crippen molar-refractivity contribution in [3.05, 3.63) is 11.1 Å². The van der Waals surface area contributed by atoms with Crippen LogP contribution in [0.5, 0.6) is 0 Å². The van der Waals surface area contributed by atoms with E-state index in [-0.39, 0.29) is 11.9 Å². The molecule has 1 aliphatic carbocycles. The molecule has 0 aromatic carbocycles. The Morgan fingerprint density at radius 2 is 2.22 bits per heavy atom. The Balaban J connectivity index is 2.02. The van der Waals surface area contributed by atoms with E-state index < -0.39 is 0 Å². The van der Waals surface area contributed by atoms with E-state index in [1.54, 1.807) is 0 Å². The number of thiocarbonyl (C=S) groups is 1. The minimum absolute atomic E-state index is 0.187. The molecule has 5 nitrogen and oxygen atoms in total. The van der Waals surface area contributed by atoms with Gasteiger partial charge >= 0.3 is 0 Å². The molecular formula is C11H16N4OS2. The number of carbonyl (C=O) groups is 1. The zero-order valence-electron chi connectivity index (χ0n) is 9.96. The monoisotopic (exact) mass is 284 g/mol. The smallest absolute Gasteiger partial charge is 0.265 e. The molecule has 98 valence electrons. The average Bonchev–Trinajstić information content (AvgIpc) is 2.90. The zero-order valence-corrected chi connectivity index (χ0v) is 11.6. The van der Waals surface area contributed by atoms with Crippen LogP contribution < -0.4 is 11.1 Å². The first-order valence-electron chi connectivity index (χ1n) is 6.06. The number of nitrogens with zero attached hydrogens (tertiary/aromatic N) is 2. The highest BCUT2D eigenvalue weighted by Gasteiger charge is 2.27. The second-order valence-electron chi connectivity index (χ2n) is 4.53. The second kappa shape index (κ2) is 6.19. The Kier molecular flexibility index (Phi) is 4.60. The number of amides is 1. The van der Waals surface area contributed by atoms with Crippen molar-refractivity contribution < 1.29 is 4.79 Å². The van der Waals surface area contributed by atoms with Gasteiger partial charge in [0.15, 0.2) is 0 Å². The molecular weight excluding hydrogens is 268 g/mol. The third-order valence-corrected chi connectivity index (χ3v) is 4.22. The Hall–Kier alpha value is -1.08. The summed E-state index contributed by atoms with van der Waals surface area (Å²) >= 11 is 6.15. The van der Waals surface area contributed by atoms with Crippen LogP contribution in [0.15, 0.2) is 6.20 Å². The van der Waals surface area contributed by atoms with Crippen LogP contribution in [0.1, 0.15) is 41.8 Å². The third-order valence-electron chi connectivity index (χ3n) is 3.30. The number of aromatic nitrogens is 2. The van der Waals surface area contributed by atoms with Crippen LogP contribution in [0.4, 0.5) is 0 Å². The van der Waals surface area contributed by atoms with Crippen LogP contribution in [-0.2, 0) is 0 Å². The fourth-order valence-corrected chi connectivity index (χ4v) is 3.04. The summed E-state index contributed by atoms with van der Waals surface area (Å²) in [6, 6.07) is -0.213. The molecule has 0 radical (unpaired) electrons. The molecule has 1 aliphatic rings. The van der Waals surface area contributed by atoms with E-state index in [1.165, 1.54) is 25.5 Å². The number of hydrogen-bond donors (Lipinski definition) is 2. The van der Waals surface area contributed by atoms with Crippen LogP contribution >= 0.6 is 23.8 Å². The Morgan fingerprint density at radius 3 is 2.78 bits per heavy atom. The van der Waals surface area contributed by atoms with Crippen molar-refractivity contribution in [1.82, 2.24) is 14.9 Å². The summed E-state index contributed by atoms with van der Waals surface area (Å²) in [6.07, 6.45) is 7.22. The minimum atomic E-state index is -0.213.